The second-order valence-corrected chi connectivity index (χ2v) is 4.87. The van der Waals surface area contributed by atoms with E-state index in [0.717, 1.165) is 19.0 Å². The van der Waals surface area contributed by atoms with Gasteiger partial charge in [0.1, 0.15) is 0 Å². The van der Waals surface area contributed by atoms with Crippen molar-refractivity contribution >= 4 is 17.8 Å². The Morgan fingerprint density at radius 2 is 1.84 bits per heavy atom. The summed E-state index contributed by atoms with van der Waals surface area (Å²) < 4.78 is 0. The van der Waals surface area contributed by atoms with Crippen LogP contribution in [-0.4, -0.2) is 34.1 Å². The average molecular weight is 265 g/mol. The molecule has 0 amide bonds. The Labute approximate surface area is 114 Å². The van der Waals surface area contributed by atoms with E-state index in [9.17, 15) is 0 Å². The minimum absolute atomic E-state index is 0.387. The van der Waals surface area contributed by atoms with E-state index in [2.05, 4.69) is 51.4 Å². The number of hydrazine groups is 1. The van der Waals surface area contributed by atoms with Crippen molar-refractivity contribution in [3.63, 3.8) is 0 Å². The van der Waals surface area contributed by atoms with Crippen molar-refractivity contribution in [3.05, 3.63) is 0 Å². The van der Waals surface area contributed by atoms with Crippen LogP contribution in [0.25, 0.3) is 0 Å². The number of nitrogen functional groups attached to an aromatic ring is 1. The van der Waals surface area contributed by atoms with Gasteiger partial charge in [0.2, 0.25) is 17.8 Å². The lowest BCUT2D eigenvalue weighted by atomic mass is 10.2. The molecule has 0 bridgehead atoms. The second kappa shape index (κ2) is 6.01. The van der Waals surface area contributed by atoms with Gasteiger partial charge in [-0.1, -0.05) is 0 Å². The monoisotopic (exact) mass is 265 g/mol. The highest BCUT2D eigenvalue weighted by Crippen LogP contribution is 2.33. The maximum atomic E-state index is 5.42. The smallest absolute Gasteiger partial charge is 0.243 e. The van der Waals surface area contributed by atoms with Crippen LogP contribution in [0, 0.1) is 5.92 Å². The highest BCUT2D eigenvalue weighted by Gasteiger charge is 2.28. The number of aromatic nitrogens is 3. The Morgan fingerprint density at radius 3 is 2.37 bits per heavy atom. The van der Waals surface area contributed by atoms with Gasteiger partial charge in [-0.3, -0.25) is 5.43 Å². The maximum Gasteiger partial charge on any atom is 0.243 e. The summed E-state index contributed by atoms with van der Waals surface area (Å²) in [5, 5.41) is 3.34. The van der Waals surface area contributed by atoms with Gasteiger partial charge < -0.3 is 10.2 Å². The van der Waals surface area contributed by atoms with Gasteiger partial charge in [0.15, 0.2) is 0 Å². The zero-order valence-corrected chi connectivity index (χ0v) is 11.8. The summed E-state index contributed by atoms with van der Waals surface area (Å²) in [5.74, 6) is 7.79. The summed E-state index contributed by atoms with van der Waals surface area (Å²) in [7, 11) is 0. The summed E-state index contributed by atoms with van der Waals surface area (Å²) >= 11 is 0. The molecule has 1 aromatic rings. The number of hydrogen-bond acceptors (Lipinski definition) is 7. The summed E-state index contributed by atoms with van der Waals surface area (Å²) in [5.41, 5.74) is 2.50. The molecule has 0 saturated heterocycles. The Balaban J connectivity index is 2.18. The normalized spacial score (nSPS) is 16.0. The highest BCUT2D eigenvalue weighted by atomic mass is 15.4. The van der Waals surface area contributed by atoms with Crippen molar-refractivity contribution < 1.29 is 0 Å². The summed E-state index contributed by atoms with van der Waals surface area (Å²) in [6.45, 7) is 8.00. The fourth-order valence-electron chi connectivity index (χ4n) is 2.06. The van der Waals surface area contributed by atoms with Crippen molar-refractivity contribution in [2.24, 2.45) is 11.8 Å². The molecule has 0 aromatic carbocycles. The topological polar surface area (TPSA) is 92.0 Å². The standard InChI is InChI=1S/C12H23N7/c1-4-19(5-2)12-16-10(15-11(17-12)18-13)14-8(3)9-6-7-9/h8-9H,4-7,13H2,1-3H3,(H2,14,15,16,17,18). The Morgan fingerprint density at radius 1 is 1.21 bits per heavy atom. The quantitative estimate of drug-likeness (QED) is 0.504. The van der Waals surface area contributed by atoms with Crippen LogP contribution in [0.15, 0.2) is 0 Å². The molecule has 1 saturated carbocycles. The summed E-state index contributed by atoms with van der Waals surface area (Å²) in [6, 6.07) is 0.387. The van der Waals surface area contributed by atoms with Gasteiger partial charge in [0.05, 0.1) is 0 Å². The molecule has 2 rings (SSSR count). The fourth-order valence-corrected chi connectivity index (χ4v) is 2.06. The van der Waals surface area contributed by atoms with Gasteiger partial charge in [-0.2, -0.15) is 15.0 Å². The molecule has 1 aliphatic carbocycles. The van der Waals surface area contributed by atoms with Crippen molar-refractivity contribution in [1.82, 2.24) is 15.0 Å². The Hall–Kier alpha value is -1.63. The van der Waals surface area contributed by atoms with Crippen LogP contribution in [0.5, 0.6) is 0 Å². The van der Waals surface area contributed by atoms with Gasteiger partial charge >= 0.3 is 0 Å². The van der Waals surface area contributed by atoms with E-state index in [1.165, 1.54) is 12.8 Å². The number of anilines is 3. The van der Waals surface area contributed by atoms with Crippen molar-refractivity contribution in [1.29, 1.82) is 0 Å². The molecule has 0 radical (unpaired) electrons. The SMILES string of the molecule is CCN(CC)c1nc(NN)nc(NC(C)C2CC2)n1. The van der Waals surface area contributed by atoms with Crippen molar-refractivity contribution in [2.75, 3.05) is 28.7 Å². The maximum absolute atomic E-state index is 5.42. The van der Waals surface area contributed by atoms with Crippen LogP contribution in [0.1, 0.15) is 33.6 Å². The van der Waals surface area contributed by atoms with Crippen molar-refractivity contribution in [2.45, 2.75) is 39.7 Å². The molecule has 7 nitrogen and oxygen atoms in total. The number of nitrogens with two attached hydrogens (primary N) is 1. The molecule has 0 spiro atoms. The predicted octanol–water partition coefficient (Wildman–Crippen LogP) is 1.21. The molecule has 4 N–H and O–H groups in total. The molecule has 106 valence electrons. The van der Waals surface area contributed by atoms with Gasteiger partial charge in [-0.05, 0) is 39.5 Å². The zero-order valence-electron chi connectivity index (χ0n) is 11.8. The third-order valence-corrected chi connectivity index (χ3v) is 3.48. The molecule has 7 heteroatoms. The first-order valence-electron chi connectivity index (χ1n) is 6.92. The molecule has 1 heterocycles. The molecule has 1 aromatic heterocycles. The van der Waals surface area contributed by atoms with E-state index in [1.807, 2.05) is 0 Å². The Kier molecular flexibility index (Phi) is 4.36. The third kappa shape index (κ3) is 3.44. The number of nitrogens with one attached hydrogen (secondary N) is 2. The van der Waals surface area contributed by atoms with Gasteiger partial charge in [-0.25, -0.2) is 5.84 Å². The van der Waals surface area contributed by atoms with E-state index in [4.69, 9.17) is 5.84 Å². The molecule has 19 heavy (non-hydrogen) atoms. The molecule has 0 aliphatic heterocycles. The van der Waals surface area contributed by atoms with Crippen LogP contribution < -0.4 is 21.5 Å². The molecule has 1 unspecified atom stereocenters. The van der Waals surface area contributed by atoms with Crippen LogP contribution >= 0.6 is 0 Å². The second-order valence-electron chi connectivity index (χ2n) is 4.87. The predicted molar refractivity (Wildman–Crippen MR) is 77.0 cm³/mol. The first-order valence-corrected chi connectivity index (χ1v) is 6.92. The summed E-state index contributed by atoms with van der Waals surface area (Å²) in [4.78, 5) is 15.1. The number of hydrogen-bond donors (Lipinski definition) is 3. The molecule has 1 fully saturated rings. The van der Waals surface area contributed by atoms with Crippen LogP contribution in [-0.2, 0) is 0 Å². The third-order valence-electron chi connectivity index (χ3n) is 3.48. The van der Waals surface area contributed by atoms with Gasteiger partial charge in [0, 0.05) is 19.1 Å². The minimum atomic E-state index is 0.387. The molecule has 1 atom stereocenters. The molecular weight excluding hydrogens is 242 g/mol. The lowest BCUT2D eigenvalue weighted by molar-refractivity contribution is 0.684. The first-order chi connectivity index (χ1) is 9.17. The largest absolute Gasteiger partial charge is 0.351 e. The average Bonchev–Trinajstić information content (AvgIpc) is 3.24. The molecular formula is C12H23N7. The van der Waals surface area contributed by atoms with E-state index >= 15 is 0 Å². The van der Waals surface area contributed by atoms with Crippen LogP contribution in [0.2, 0.25) is 0 Å². The number of nitrogens with zero attached hydrogens (tertiary/aromatic N) is 4. The molecule has 1 aliphatic rings. The zero-order chi connectivity index (χ0) is 13.8. The van der Waals surface area contributed by atoms with E-state index in [1.54, 1.807) is 0 Å². The lowest BCUT2D eigenvalue weighted by Crippen LogP contribution is -2.27. The van der Waals surface area contributed by atoms with E-state index < -0.39 is 0 Å². The lowest BCUT2D eigenvalue weighted by Gasteiger charge is -2.20. The summed E-state index contributed by atoms with van der Waals surface area (Å²) in [6.07, 6.45) is 2.56. The van der Waals surface area contributed by atoms with Gasteiger partial charge in [-0.15, -0.1) is 0 Å². The highest BCUT2D eigenvalue weighted by molar-refractivity contribution is 5.43. The van der Waals surface area contributed by atoms with Crippen molar-refractivity contribution in [3.8, 4) is 0 Å². The first kappa shape index (κ1) is 13.8. The number of rotatable bonds is 7. The van der Waals surface area contributed by atoms with E-state index in [0.29, 0.717) is 23.9 Å². The van der Waals surface area contributed by atoms with Crippen LogP contribution in [0.3, 0.4) is 0 Å². The van der Waals surface area contributed by atoms with Gasteiger partial charge in [0.25, 0.3) is 0 Å². The Bertz CT molecular complexity index is 415. The fraction of sp³-hybridized carbons (Fsp3) is 0.750. The minimum Gasteiger partial charge on any atom is -0.351 e. The van der Waals surface area contributed by atoms with E-state index in [-0.39, 0.29) is 0 Å². The van der Waals surface area contributed by atoms with Crippen LogP contribution in [0.4, 0.5) is 17.8 Å².